The normalized spacial score (nSPS) is 17.4. The van der Waals surface area contributed by atoms with E-state index in [-0.39, 0.29) is 6.10 Å². The molecule has 4 rings (SSSR count). The Morgan fingerprint density at radius 3 is 2.64 bits per heavy atom. The fraction of sp³-hybridized carbons (Fsp3) is 0.261. The van der Waals surface area contributed by atoms with Crippen LogP contribution in [0.15, 0.2) is 67.0 Å². The van der Waals surface area contributed by atoms with E-state index in [4.69, 9.17) is 27.9 Å². The predicted octanol–water partition coefficient (Wildman–Crippen LogP) is 5.71. The molecule has 0 amide bonds. The third-order valence-corrected chi connectivity index (χ3v) is 5.54. The monoisotopic (exact) mass is 412 g/mol. The highest BCUT2D eigenvalue weighted by Crippen LogP contribution is 2.35. The molecule has 0 bridgehead atoms. The smallest absolute Gasteiger partial charge is 0.129 e. The number of ether oxygens (including phenoxy) is 1. The first-order valence-corrected chi connectivity index (χ1v) is 10.2. The lowest BCUT2D eigenvalue weighted by molar-refractivity contribution is 0.143. The minimum Gasteiger partial charge on any atom is -0.485 e. The molecule has 2 aromatic carbocycles. The number of hydrogen-bond acceptors (Lipinski definition) is 3. The lowest BCUT2D eigenvalue weighted by Gasteiger charge is -2.26. The molecule has 0 aliphatic carbocycles. The van der Waals surface area contributed by atoms with Crippen LogP contribution in [0, 0.1) is 5.92 Å². The highest BCUT2D eigenvalue weighted by atomic mass is 35.5. The molecule has 144 valence electrons. The van der Waals surface area contributed by atoms with Crippen LogP contribution in [-0.4, -0.2) is 18.1 Å². The third-order valence-electron chi connectivity index (χ3n) is 5.10. The number of nitrogens with zero attached hydrogens (tertiary/aromatic N) is 1. The molecule has 1 aromatic heterocycles. The van der Waals surface area contributed by atoms with E-state index in [1.165, 1.54) is 5.56 Å². The number of hydrogen-bond donors (Lipinski definition) is 1. The zero-order valence-electron chi connectivity index (χ0n) is 15.4. The molecule has 3 aromatic rings. The summed E-state index contributed by atoms with van der Waals surface area (Å²) in [7, 11) is 0. The van der Waals surface area contributed by atoms with Crippen LogP contribution >= 0.6 is 23.2 Å². The molecule has 1 aliphatic heterocycles. The number of rotatable bonds is 6. The fourth-order valence-electron chi connectivity index (χ4n) is 3.71. The second kappa shape index (κ2) is 8.95. The van der Waals surface area contributed by atoms with E-state index in [0.29, 0.717) is 16.0 Å². The second-order valence-corrected chi connectivity index (χ2v) is 8.02. The van der Waals surface area contributed by atoms with Gasteiger partial charge < -0.3 is 10.1 Å². The second-order valence-electron chi connectivity index (χ2n) is 7.14. The Kier molecular flexibility index (Phi) is 6.16. The van der Waals surface area contributed by atoms with E-state index in [9.17, 15) is 0 Å². The average molecular weight is 413 g/mol. The van der Waals surface area contributed by atoms with Gasteiger partial charge in [0.05, 0.1) is 5.02 Å². The molecule has 28 heavy (non-hydrogen) atoms. The van der Waals surface area contributed by atoms with Gasteiger partial charge in [0.15, 0.2) is 0 Å². The maximum Gasteiger partial charge on any atom is 0.129 e. The summed E-state index contributed by atoms with van der Waals surface area (Å²) in [5, 5.41) is 4.76. The highest BCUT2D eigenvalue weighted by Gasteiger charge is 2.29. The van der Waals surface area contributed by atoms with Crippen molar-refractivity contribution >= 4 is 23.2 Å². The lowest BCUT2D eigenvalue weighted by Crippen LogP contribution is -2.22. The van der Waals surface area contributed by atoms with Crippen LogP contribution in [0.5, 0.6) is 5.75 Å². The number of nitrogens with one attached hydrogen (secondary N) is 1. The van der Waals surface area contributed by atoms with Gasteiger partial charge in [-0.15, -0.1) is 0 Å². The highest BCUT2D eigenvalue weighted by molar-refractivity contribution is 6.30. The van der Waals surface area contributed by atoms with Crippen LogP contribution in [0.25, 0.3) is 0 Å². The third kappa shape index (κ3) is 4.67. The van der Waals surface area contributed by atoms with E-state index < -0.39 is 0 Å². The summed E-state index contributed by atoms with van der Waals surface area (Å²) in [5.41, 5.74) is 3.30. The van der Waals surface area contributed by atoms with Crippen molar-refractivity contribution in [3.63, 3.8) is 0 Å². The van der Waals surface area contributed by atoms with Gasteiger partial charge in [0.25, 0.3) is 0 Å². The average Bonchev–Trinajstić information content (AvgIpc) is 3.23. The molecular formula is C23H22Cl2N2O. The first-order chi connectivity index (χ1) is 13.7. The Morgan fingerprint density at radius 1 is 1.04 bits per heavy atom. The maximum absolute atomic E-state index is 6.60. The minimum atomic E-state index is -0.114. The van der Waals surface area contributed by atoms with Crippen LogP contribution in [0.2, 0.25) is 10.0 Å². The molecule has 1 unspecified atom stereocenters. The molecular weight excluding hydrogens is 391 g/mol. The van der Waals surface area contributed by atoms with Crippen LogP contribution in [-0.2, 0) is 6.42 Å². The van der Waals surface area contributed by atoms with Gasteiger partial charge in [-0.2, -0.15) is 0 Å². The Balaban J connectivity index is 1.66. The SMILES string of the molecule is Clc1cncc([C@@H](Oc2ccc(Cl)cc2Cc2ccccc2)C2CCNC2)c1. The summed E-state index contributed by atoms with van der Waals surface area (Å²) in [5.74, 6) is 1.21. The molecule has 1 aliphatic rings. The molecule has 5 heteroatoms. The molecule has 1 N–H and O–H groups in total. The molecule has 0 radical (unpaired) electrons. The summed E-state index contributed by atoms with van der Waals surface area (Å²) in [4.78, 5) is 4.27. The molecule has 2 heterocycles. The van der Waals surface area contributed by atoms with Gasteiger partial charge in [-0.3, -0.25) is 4.98 Å². The van der Waals surface area contributed by atoms with Gasteiger partial charge in [0.1, 0.15) is 11.9 Å². The molecule has 0 spiro atoms. The van der Waals surface area contributed by atoms with Crippen molar-refractivity contribution < 1.29 is 4.74 Å². The van der Waals surface area contributed by atoms with Crippen LogP contribution in [0.1, 0.15) is 29.2 Å². The largest absolute Gasteiger partial charge is 0.485 e. The van der Waals surface area contributed by atoms with Gasteiger partial charge >= 0.3 is 0 Å². The van der Waals surface area contributed by atoms with Gasteiger partial charge in [-0.05, 0) is 42.8 Å². The Morgan fingerprint density at radius 2 is 1.89 bits per heavy atom. The summed E-state index contributed by atoms with van der Waals surface area (Å²) >= 11 is 12.5. The van der Waals surface area contributed by atoms with Crippen molar-refractivity contribution in [2.45, 2.75) is 18.9 Å². The van der Waals surface area contributed by atoms with E-state index in [1.54, 1.807) is 6.20 Å². The van der Waals surface area contributed by atoms with Crippen LogP contribution < -0.4 is 10.1 Å². The van der Waals surface area contributed by atoms with E-state index >= 15 is 0 Å². The van der Waals surface area contributed by atoms with E-state index in [0.717, 1.165) is 42.8 Å². The summed E-state index contributed by atoms with van der Waals surface area (Å²) in [6, 6.07) is 18.1. The number of pyridine rings is 1. The van der Waals surface area contributed by atoms with Gasteiger partial charge in [-0.1, -0.05) is 53.5 Å². The van der Waals surface area contributed by atoms with E-state index in [2.05, 4.69) is 22.4 Å². The molecule has 3 nitrogen and oxygen atoms in total. The van der Waals surface area contributed by atoms with Crippen LogP contribution in [0.4, 0.5) is 0 Å². The molecule has 2 atom stereocenters. The first kappa shape index (κ1) is 19.3. The first-order valence-electron chi connectivity index (χ1n) is 9.49. The standard InChI is InChI=1S/C23H22Cl2N2O/c24-20-6-7-22(18(11-20)10-16-4-2-1-3-5-16)28-23(17-8-9-26-13-17)19-12-21(25)15-27-14-19/h1-7,11-12,14-15,17,23,26H,8-10,13H2/t17?,23-/m0/s1. The quantitative estimate of drug-likeness (QED) is 0.562. The predicted molar refractivity (Wildman–Crippen MR) is 114 cm³/mol. The van der Waals surface area contributed by atoms with Crippen molar-refractivity contribution in [1.82, 2.24) is 10.3 Å². The van der Waals surface area contributed by atoms with Crippen molar-refractivity contribution in [3.05, 3.63) is 93.7 Å². The summed E-state index contributed by atoms with van der Waals surface area (Å²) < 4.78 is 6.60. The summed E-state index contributed by atoms with van der Waals surface area (Å²) in [6.07, 6.45) is 5.20. The Bertz CT molecular complexity index is 927. The maximum atomic E-state index is 6.60. The van der Waals surface area contributed by atoms with E-state index in [1.807, 2.05) is 48.7 Å². The van der Waals surface area contributed by atoms with Crippen molar-refractivity contribution in [2.75, 3.05) is 13.1 Å². The van der Waals surface area contributed by atoms with Crippen LogP contribution in [0.3, 0.4) is 0 Å². The zero-order valence-corrected chi connectivity index (χ0v) is 17.0. The van der Waals surface area contributed by atoms with Crippen molar-refractivity contribution in [3.8, 4) is 5.75 Å². The molecule has 1 fully saturated rings. The van der Waals surface area contributed by atoms with Gasteiger partial charge in [-0.25, -0.2) is 0 Å². The van der Waals surface area contributed by atoms with Crippen molar-refractivity contribution in [2.24, 2.45) is 5.92 Å². The molecule has 0 saturated carbocycles. The topological polar surface area (TPSA) is 34.1 Å². The minimum absolute atomic E-state index is 0.114. The summed E-state index contributed by atoms with van der Waals surface area (Å²) in [6.45, 7) is 1.91. The zero-order chi connectivity index (χ0) is 19.3. The fourth-order valence-corrected chi connectivity index (χ4v) is 4.09. The van der Waals surface area contributed by atoms with Gasteiger partial charge in [0, 0.05) is 47.4 Å². The van der Waals surface area contributed by atoms with Gasteiger partial charge in [0.2, 0.25) is 0 Å². The lowest BCUT2D eigenvalue weighted by atomic mass is 9.95. The number of benzene rings is 2. The number of halogens is 2. The van der Waals surface area contributed by atoms with Crippen molar-refractivity contribution in [1.29, 1.82) is 0 Å². The Labute approximate surface area is 175 Å². The number of aromatic nitrogens is 1. The Hall–Kier alpha value is -2.07. The molecule has 1 saturated heterocycles.